The lowest BCUT2D eigenvalue weighted by Crippen LogP contribution is -2.67. The molecule has 0 bridgehead atoms. The third-order valence-corrected chi connectivity index (χ3v) is 4.03. The van der Waals surface area contributed by atoms with Gasteiger partial charge in [-0.1, -0.05) is 23.7 Å². The van der Waals surface area contributed by atoms with E-state index in [0.717, 1.165) is 0 Å². The van der Waals surface area contributed by atoms with E-state index in [1.807, 2.05) is 0 Å². The number of benzene rings is 1. The van der Waals surface area contributed by atoms with E-state index in [2.05, 4.69) is 5.32 Å². The fourth-order valence-corrected chi connectivity index (χ4v) is 2.64. The first-order valence-electron chi connectivity index (χ1n) is 6.64. The molecule has 1 unspecified atom stereocenters. The van der Waals surface area contributed by atoms with Gasteiger partial charge in [0.1, 0.15) is 0 Å². The van der Waals surface area contributed by atoms with Crippen molar-refractivity contribution in [1.29, 1.82) is 0 Å². The number of Topliss-reactive ketones (excluding diaryl/α,β-unsaturated/α-hetero) is 1. The number of carbonyl (C=O) groups excluding carboxylic acids is 3. The fourth-order valence-electron chi connectivity index (χ4n) is 2.45. The Kier molecular flexibility index (Phi) is 4.16. The van der Waals surface area contributed by atoms with Crippen molar-refractivity contribution in [1.82, 2.24) is 10.2 Å². The number of nitrogens with one attached hydrogen (secondary N) is 1. The van der Waals surface area contributed by atoms with Crippen LogP contribution in [0.4, 0.5) is 0 Å². The number of halogens is 1. The number of nitrogens with zero attached hydrogens (tertiary/aromatic N) is 1. The summed E-state index contributed by atoms with van der Waals surface area (Å²) >= 11 is 5.90. The summed E-state index contributed by atoms with van der Waals surface area (Å²) in [6, 6.07) is 6.03. The van der Waals surface area contributed by atoms with E-state index in [9.17, 15) is 14.4 Å². The van der Waals surface area contributed by atoms with Crippen LogP contribution in [-0.4, -0.2) is 40.6 Å². The Morgan fingerprint density at radius 1 is 1.38 bits per heavy atom. The van der Waals surface area contributed by atoms with E-state index in [4.69, 9.17) is 11.6 Å². The summed E-state index contributed by atoms with van der Waals surface area (Å²) in [7, 11) is 0. The number of hydrogen-bond donors (Lipinski definition) is 1. The average Bonchev–Trinajstić information content (AvgIpc) is 2.41. The van der Waals surface area contributed by atoms with Gasteiger partial charge in [-0.2, -0.15) is 0 Å². The van der Waals surface area contributed by atoms with Crippen molar-refractivity contribution >= 4 is 29.2 Å². The van der Waals surface area contributed by atoms with Crippen LogP contribution in [0.3, 0.4) is 0 Å². The molecule has 1 aliphatic heterocycles. The van der Waals surface area contributed by atoms with E-state index in [0.29, 0.717) is 10.6 Å². The summed E-state index contributed by atoms with van der Waals surface area (Å²) in [4.78, 5) is 37.7. The maximum Gasteiger partial charge on any atom is 0.246 e. The number of ketones is 1. The van der Waals surface area contributed by atoms with E-state index < -0.39 is 23.4 Å². The van der Waals surface area contributed by atoms with Gasteiger partial charge >= 0.3 is 0 Å². The second-order valence-corrected chi connectivity index (χ2v) is 6.05. The molecule has 0 saturated carbocycles. The first-order valence-corrected chi connectivity index (χ1v) is 7.02. The fraction of sp³-hybridized carbons (Fsp3) is 0.400. The molecule has 6 heteroatoms. The molecule has 0 aliphatic carbocycles. The summed E-state index contributed by atoms with van der Waals surface area (Å²) in [6.45, 7) is 5.08. The van der Waals surface area contributed by atoms with E-state index in [1.165, 1.54) is 0 Å². The van der Waals surface area contributed by atoms with Crippen LogP contribution in [0, 0.1) is 0 Å². The molecule has 1 aromatic rings. The van der Waals surface area contributed by atoms with Crippen LogP contribution in [0.1, 0.15) is 31.1 Å². The minimum atomic E-state index is -0.929. The quantitative estimate of drug-likeness (QED) is 0.681. The van der Waals surface area contributed by atoms with Crippen molar-refractivity contribution in [3.05, 3.63) is 34.9 Å². The summed E-state index contributed by atoms with van der Waals surface area (Å²) in [5.41, 5.74) is -0.467. The van der Waals surface area contributed by atoms with Gasteiger partial charge in [-0.3, -0.25) is 24.6 Å². The Morgan fingerprint density at radius 2 is 2.05 bits per heavy atom. The van der Waals surface area contributed by atoms with E-state index in [1.54, 1.807) is 49.9 Å². The number of imide groups is 1. The molecule has 0 radical (unpaired) electrons. The van der Waals surface area contributed by atoms with Crippen LogP contribution in [0.5, 0.6) is 0 Å². The average molecular weight is 309 g/mol. The standard InChI is InChI=1S/C15H17ClN2O3/c1-9(13(20)10-5-4-6-11(16)7-10)18-8-12(19)17-14(21)15(18,2)3/h4-7,9H,8H2,1-3H3,(H,17,19,21). The van der Waals surface area contributed by atoms with Gasteiger partial charge in [0.15, 0.2) is 5.78 Å². The highest BCUT2D eigenvalue weighted by atomic mass is 35.5. The van der Waals surface area contributed by atoms with Crippen molar-refractivity contribution < 1.29 is 14.4 Å². The Hall–Kier alpha value is -1.72. The molecular weight excluding hydrogens is 292 g/mol. The largest absolute Gasteiger partial charge is 0.294 e. The third kappa shape index (κ3) is 2.99. The number of amides is 2. The number of carbonyl (C=O) groups is 3. The molecule has 1 aliphatic rings. The highest BCUT2D eigenvalue weighted by Crippen LogP contribution is 2.23. The van der Waals surface area contributed by atoms with Crippen molar-refractivity contribution in [2.24, 2.45) is 0 Å². The molecule has 0 aromatic heterocycles. The van der Waals surface area contributed by atoms with Crippen molar-refractivity contribution in [2.45, 2.75) is 32.4 Å². The highest BCUT2D eigenvalue weighted by Gasteiger charge is 2.44. The van der Waals surface area contributed by atoms with Gasteiger partial charge in [-0.15, -0.1) is 0 Å². The predicted molar refractivity (Wildman–Crippen MR) is 79.2 cm³/mol. The number of piperazine rings is 1. The van der Waals surface area contributed by atoms with Gasteiger partial charge in [0.25, 0.3) is 0 Å². The second-order valence-electron chi connectivity index (χ2n) is 5.61. The smallest absolute Gasteiger partial charge is 0.246 e. The molecular formula is C15H17ClN2O3. The summed E-state index contributed by atoms with van der Waals surface area (Å²) in [6.07, 6.45) is 0. The minimum Gasteiger partial charge on any atom is -0.294 e. The molecule has 1 saturated heterocycles. The van der Waals surface area contributed by atoms with Gasteiger partial charge < -0.3 is 0 Å². The molecule has 0 spiro atoms. The molecule has 1 aromatic carbocycles. The van der Waals surface area contributed by atoms with Gasteiger partial charge in [0, 0.05) is 10.6 Å². The van der Waals surface area contributed by atoms with Crippen molar-refractivity contribution in [3.8, 4) is 0 Å². The maximum absolute atomic E-state index is 12.6. The molecule has 5 nitrogen and oxygen atoms in total. The Bertz CT molecular complexity index is 613. The van der Waals surface area contributed by atoms with Gasteiger partial charge in [0.2, 0.25) is 11.8 Å². The van der Waals surface area contributed by atoms with Gasteiger partial charge in [-0.25, -0.2) is 0 Å². The zero-order chi connectivity index (χ0) is 15.8. The number of rotatable bonds is 3. The predicted octanol–water partition coefficient (Wildman–Crippen LogP) is 1.65. The Morgan fingerprint density at radius 3 is 2.67 bits per heavy atom. The second kappa shape index (κ2) is 5.58. The van der Waals surface area contributed by atoms with Gasteiger partial charge in [0.05, 0.1) is 18.1 Å². The lowest BCUT2D eigenvalue weighted by atomic mass is 9.93. The van der Waals surface area contributed by atoms with Crippen LogP contribution in [0.2, 0.25) is 5.02 Å². The number of hydrogen-bond acceptors (Lipinski definition) is 4. The zero-order valence-electron chi connectivity index (χ0n) is 12.1. The lowest BCUT2D eigenvalue weighted by molar-refractivity contribution is -0.146. The molecule has 2 amide bonds. The van der Waals surface area contributed by atoms with Gasteiger partial charge in [-0.05, 0) is 32.9 Å². The monoisotopic (exact) mass is 308 g/mol. The lowest BCUT2D eigenvalue weighted by Gasteiger charge is -2.43. The highest BCUT2D eigenvalue weighted by molar-refractivity contribution is 6.31. The molecule has 1 heterocycles. The first-order chi connectivity index (χ1) is 9.73. The zero-order valence-corrected chi connectivity index (χ0v) is 12.9. The molecule has 112 valence electrons. The topological polar surface area (TPSA) is 66.5 Å². The minimum absolute atomic E-state index is 0.00616. The maximum atomic E-state index is 12.6. The van der Waals surface area contributed by atoms with Crippen LogP contribution in [0.15, 0.2) is 24.3 Å². The Balaban J connectivity index is 2.29. The van der Waals surface area contributed by atoms with Crippen LogP contribution in [-0.2, 0) is 9.59 Å². The molecule has 1 atom stereocenters. The third-order valence-electron chi connectivity index (χ3n) is 3.80. The van der Waals surface area contributed by atoms with E-state index in [-0.39, 0.29) is 12.3 Å². The summed E-state index contributed by atoms with van der Waals surface area (Å²) in [5.74, 6) is -0.970. The van der Waals surface area contributed by atoms with Crippen LogP contribution in [0.25, 0.3) is 0 Å². The first kappa shape index (κ1) is 15.7. The van der Waals surface area contributed by atoms with Crippen molar-refractivity contribution in [2.75, 3.05) is 6.54 Å². The Labute approximate surface area is 128 Å². The summed E-state index contributed by atoms with van der Waals surface area (Å²) in [5, 5.41) is 2.76. The van der Waals surface area contributed by atoms with E-state index >= 15 is 0 Å². The normalized spacial score (nSPS) is 20.0. The summed E-state index contributed by atoms with van der Waals surface area (Å²) < 4.78 is 0. The molecule has 21 heavy (non-hydrogen) atoms. The van der Waals surface area contributed by atoms with Crippen molar-refractivity contribution in [3.63, 3.8) is 0 Å². The molecule has 2 rings (SSSR count). The van der Waals surface area contributed by atoms with Crippen LogP contribution >= 0.6 is 11.6 Å². The molecule has 1 N–H and O–H groups in total. The SMILES string of the molecule is CC(C(=O)c1cccc(Cl)c1)N1CC(=O)NC(=O)C1(C)C. The van der Waals surface area contributed by atoms with Crippen LogP contribution < -0.4 is 5.32 Å². The molecule has 1 fully saturated rings.